The maximum atomic E-state index is 8.72. The van der Waals surface area contributed by atoms with Crippen molar-refractivity contribution in [1.82, 2.24) is 0 Å². The van der Waals surface area contributed by atoms with Gasteiger partial charge in [0.1, 0.15) is 24.3 Å². The van der Waals surface area contributed by atoms with Gasteiger partial charge in [-0.2, -0.15) is 26.3 Å². The molecule has 0 amide bonds. The van der Waals surface area contributed by atoms with Crippen molar-refractivity contribution in [1.29, 1.82) is 26.3 Å². The molecule has 1 rings (SSSR count). The van der Waals surface area contributed by atoms with E-state index in [1.807, 2.05) is 0 Å². The van der Waals surface area contributed by atoms with Crippen molar-refractivity contribution >= 4 is 0 Å². The van der Waals surface area contributed by atoms with Crippen LogP contribution in [0.1, 0.15) is 29.2 Å². The van der Waals surface area contributed by atoms with Gasteiger partial charge < -0.3 is 0 Å². The summed E-state index contributed by atoms with van der Waals surface area (Å²) in [5.74, 6) is 0. The van der Waals surface area contributed by atoms with Gasteiger partial charge in [-0.05, 0) is 12.1 Å². The zero-order valence-electron chi connectivity index (χ0n) is 8.89. The van der Waals surface area contributed by atoms with Crippen LogP contribution in [0.5, 0.6) is 0 Å². The van der Waals surface area contributed by atoms with E-state index in [0.29, 0.717) is 0 Å². The summed E-state index contributed by atoms with van der Waals surface area (Å²) in [4.78, 5) is 0. The Hall–Kier alpha value is -3.33. The van der Waals surface area contributed by atoms with Crippen LogP contribution in [-0.4, -0.2) is 0 Å². The van der Waals surface area contributed by atoms with Crippen LogP contribution >= 0.6 is 0 Å². The monoisotopic (exact) mass is 219 g/mol. The molecule has 0 aliphatic rings. The van der Waals surface area contributed by atoms with Crippen LogP contribution in [0.15, 0.2) is 12.1 Å². The third kappa shape index (κ3) is 3.07. The van der Waals surface area contributed by atoms with E-state index in [-0.39, 0.29) is 22.3 Å². The predicted octanol–water partition coefficient (Wildman–Crippen LogP) is 1.70. The van der Waals surface area contributed by atoms with Gasteiger partial charge >= 0.3 is 0 Å². The molecule has 0 aliphatic heterocycles. The topological polar surface area (TPSA) is 119 Å². The lowest BCUT2D eigenvalue weighted by atomic mass is 9.99. The molecule has 0 saturated heterocycles. The zero-order chi connectivity index (χ0) is 13.3. The molecule has 0 bridgehead atoms. The molecule has 5 nitrogen and oxygen atoms in total. The second-order valence-electron chi connectivity index (χ2n) is 2.58. The van der Waals surface area contributed by atoms with Gasteiger partial charge in [0, 0.05) is 6.92 Å². The fraction of sp³-hybridized carbons (Fsp3) is 0.0833. The summed E-state index contributed by atoms with van der Waals surface area (Å²) < 4.78 is 0. The molecule has 5 heteroatoms. The standard InChI is InChI=1S/C10H2N4.C2H3N/c11-3-7-1-2-8(4-12)10(6-14)9(7)5-13;1-2-3/h1-2H;1H3. The molecule has 78 valence electrons. The number of hydrogen-bond donors (Lipinski definition) is 0. The Kier molecular flexibility index (Phi) is 5.65. The summed E-state index contributed by atoms with van der Waals surface area (Å²) >= 11 is 0. The molecule has 0 unspecified atom stereocenters. The summed E-state index contributed by atoms with van der Waals surface area (Å²) in [6.07, 6.45) is 0. The maximum Gasteiger partial charge on any atom is 0.102 e. The van der Waals surface area contributed by atoms with Crippen molar-refractivity contribution in [2.45, 2.75) is 6.92 Å². The molecule has 0 saturated carbocycles. The smallest absolute Gasteiger partial charge is 0.102 e. The third-order valence-corrected chi connectivity index (χ3v) is 1.67. The predicted molar refractivity (Wildman–Crippen MR) is 56.6 cm³/mol. The number of nitriles is 5. The summed E-state index contributed by atoms with van der Waals surface area (Å²) in [6.45, 7) is 1.43. The van der Waals surface area contributed by atoms with E-state index >= 15 is 0 Å². The molecular formula is C12H5N5. The Labute approximate surface area is 98.6 Å². The van der Waals surface area contributed by atoms with Crippen LogP contribution in [0.4, 0.5) is 0 Å². The van der Waals surface area contributed by atoms with Gasteiger partial charge in [-0.3, -0.25) is 0 Å². The minimum absolute atomic E-state index is 0.0333. The molecular weight excluding hydrogens is 214 g/mol. The van der Waals surface area contributed by atoms with Crippen molar-refractivity contribution in [2.24, 2.45) is 0 Å². The quantitative estimate of drug-likeness (QED) is 0.657. The second-order valence-corrected chi connectivity index (χ2v) is 2.58. The number of hydrogen-bond acceptors (Lipinski definition) is 5. The maximum absolute atomic E-state index is 8.72. The number of rotatable bonds is 0. The Morgan fingerprint density at radius 1 is 0.706 bits per heavy atom. The first-order chi connectivity index (χ1) is 8.19. The Bertz CT molecular complexity index is 573. The molecule has 1 aromatic rings. The molecule has 0 heterocycles. The fourth-order valence-corrected chi connectivity index (χ4v) is 1.02. The number of nitrogens with zero attached hydrogens (tertiary/aromatic N) is 5. The van der Waals surface area contributed by atoms with Gasteiger partial charge in [0.05, 0.1) is 28.3 Å². The van der Waals surface area contributed by atoms with E-state index < -0.39 is 0 Å². The van der Waals surface area contributed by atoms with E-state index in [2.05, 4.69) is 0 Å². The van der Waals surface area contributed by atoms with Crippen LogP contribution in [0.25, 0.3) is 0 Å². The van der Waals surface area contributed by atoms with Crippen LogP contribution in [0.3, 0.4) is 0 Å². The minimum atomic E-state index is -0.0333. The van der Waals surface area contributed by atoms with Gasteiger partial charge in [-0.15, -0.1) is 0 Å². The minimum Gasteiger partial charge on any atom is -0.199 e. The average molecular weight is 219 g/mol. The molecule has 0 atom stereocenters. The molecule has 0 aliphatic carbocycles. The lowest BCUT2D eigenvalue weighted by Crippen LogP contribution is -1.93. The van der Waals surface area contributed by atoms with Crippen molar-refractivity contribution in [3.05, 3.63) is 34.4 Å². The summed E-state index contributed by atoms with van der Waals surface area (Å²) in [7, 11) is 0. The van der Waals surface area contributed by atoms with Gasteiger partial charge in [-0.25, -0.2) is 0 Å². The first-order valence-electron chi connectivity index (χ1n) is 4.28. The average Bonchev–Trinajstić information content (AvgIpc) is 2.37. The van der Waals surface area contributed by atoms with E-state index in [1.54, 1.807) is 30.3 Å². The van der Waals surface area contributed by atoms with Crippen molar-refractivity contribution in [3.63, 3.8) is 0 Å². The number of benzene rings is 1. The van der Waals surface area contributed by atoms with E-state index in [0.717, 1.165) is 0 Å². The highest BCUT2D eigenvalue weighted by Gasteiger charge is 2.12. The van der Waals surface area contributed by atoms with Crippen molar-refractivity contribution in [2.75, 3.05) is 0 Å². The highest BCUT2D eigenvalue weighted by atomic mass is 14.3. The normalized spacial score (nSPS) is 6.82. The summed E-state index contributed by atoms with van der Waals surface area (Å²) in [5.41, 5.74) is 0.161. The summed E-state index contributed by atoms with van der Waals surface area (Å²) in [6, 6.07) is 11.5. The molecule has 17 heavy (non-hydrogen) atoms. The van der Waals surface area contributed by atoms with Crippen LogP contribution in [-0.2, 0) is 0 Å². The van der Waals surface area contributed by atoms with Crippen molar-refractivity contribution < 1.29 is 0 Å². The summed E-state index contributed by atoms with van der Waals surface area (Å²) in [5, 5.41) is 42.0. The fourth-order valence-electron chi connectivity index (χ4n) is 1.02. The molecule has 0 fully saturated rings. The highest BCUT2D eigenvalue weighted by molar-refractivity contribution is 5.61. The van der Waals surface area contributed by atoms with E-state index in [9.17, 15) is 0 Å². The lowest BCUT2D eigenvalue weighted by Gasteiger charge is -1.98. The Morgan fingerprint density at radius 3 is 1.18 bits per heavy atom. The SMILES string of the molecule is CC#N.N#Cc1ccc(C#N)c(C#N)c1C#N. The largest absolute Gasteiger partial charge is 0.199 e. The third-order valence-electron chi connectivity index (χ3n) is 1.67. The van der Waals surface area contributed by atoms with Gasteiger partial charge in [0.15, 0.2) is 0 Å². The molecule has 0 spiro atoms. The van der Waals surface area contributed by atoms with E-state index in [4.69, 9.17) is 26.3 Å². The van der Waals surface area contributed by atoms with Gasteiger partial charge in [-0.1, -0.05) is 0 Å². The molecule has 0 N–H and O–H groups in total. The molecule has 0 aromatic heterocycles. The first kappa shape index (κ1) is 13.7. The van der Waals surface area contributed by atoms with Gasteiger partial charge in [0.2, 0.25) is 0 Å². The zero-order valence-corrected chi connectivity index (χ0v) is 8.89. The van der Waals surface area contributed by atoms with E-state index in [1.165, 1.54) is 19.1 Å². The van der Waals surface area contributed by atoms with Crippen LogP contribution in [0.2, 0.25) is 0 Å². The Balaban J connectivity index is 0.000000770. The van der Waals surface area contributed by atoms with Crippen molar-refractivity contribution in [3.8, 4) is 30.3 Å². The second kappa shape index (κ2) is 7.03. The Morgan fingerprint density at radius 2 is 1.00 bits per heavy atom. The first-order valence-corrected chi connectivity index (χ1v) is 4.28. The van der Waals surface area contributed by atoms with Crippen LogP contribution < -0.4 is 0 Å². The van der Waals surface area contributed by atoms with Crippen LogP contribution in [0, 0.1) is 56.7 Å². The molecule has 1 aromatic carbocycles. The highest BCUT2D eigenvalue weighted by Crippen LogP contribution is 2.16. The lowest BCUT2D eigenvalue weighted by molar-refractivity contribution is 1.37. The molecule has 0 radical (unpaired) electrons. The van der Waals surface area contributed by atoms with Gasteiger partial charge in [0.25, 0.3) is 0 Å².